The van der Waals surface area contributed by atoms with Crippen molar-refractivity contribution in [3.8, 4) is 0 Å². The number of halogens is 1. The summed E-state index contributed by atoms with van der Waals surface area (Å²) in [6, 6.07) is 11.1. The normalized spacial score (nSPS) is 22.8. The van der Waals surface area contributed by atoms with Crippen molar-refractivity contribution in [2.75, 3.05) is 12.9 Å². The molecule has 0 radical (unpaired) electrons. The summed E-state index contributed by atoms with van der Waals surface area (Å²) in [4.78, 5) is 13.9. The molecule has 0 unspecified atom stereocenters. The second-order valence-electron chi connectivity index (χ2n) is 5.56. The Kier molecular flexibility index (Phi) is 5.86. The van der Waals surface area contributed by atoms with Crippen LogP contribution >= 0.6 is 11.6 Å². The van der Waals surface area contributed by atoms with Gasteiger partial charge in [0.25, 0.3) is 0 Å². The van der Waals surface area contributed by atoms with Crippen molar-refractivity contribution in [3.05, 3.63) is 35.9 Å². The van der Waals surface area contributed by atoms with E-state index < -0.39 is 0 Å². The second-order valence-corrected chi connectivity index (χ2v) is 5.83. The molecule has 0 saturated heterocycles. The first-order valence-electron chi connectivity index (χ1n) is 7.30. The van der Waals surface area contributed by atoms with Crippen LogP contribution in [-0.4, -0.2) is 35.8 Å². The molecule has 0 bridgehead atoms. The molecular formula is C16H23ClN2O. The van der Waals surface area contributed by atoms with Gasteiger partial charge in [-0.3, -0.25) is 9.69 Å². The van der Waals surface area contributed by atoms with Gasteiger partial charge in [0, 0.05) is 18.6 Å². The molecule has 1 aromatic rings. The number of nitrogens with one attached hydrogen (secondary N) is 1. The number of likely N-dealkylation sites (N-methyl/N-ethyl adjacent to an activating group) is 1. The minimum Gasteiger partial charge on any atom is -0.351 e. The van der Waals surface area contributed by atoms with E-state index in [-0.39, 0.29) is 17.8 Å². The predicted octanol–water partition coefficient (Wildman–Crippen LogP) is 2.78. The van der Waals surface area contributed by atoms with E-state index in [0.717, 1.165) is 19.4 Å². The van der Waals surface area contributed by atoms with Crippen LogP contribution < -0.4 is 5.32 Å². The zero-order valence-corrected chi connectivity index (χ0v) is 12.8. The molecule has 0 heterocycles. The van der Waals surface area contributed by atoms with E-state index in [2.05, 4.69) is 41.5 Å². The fourth-order valence-corrected chi connectivity index (χ4v) is 3.12. The second kappa shape index (κ2) is 7.65. The number of benzene rings is 1. The molecule has 3 nitrogen and oxygen atoms in total. The highest BCUT2D eigenvalue weighted by atomic mass is 35.5. The molecule has 0 aliphatic heterocycles. The third-order valence-electron chi connectivity index (χ3n) is 4.04. The summed E-state index contributed by atoms with van der Waals surface area (Å²) in [5.74, 6) is -0.0114. The summed E-state index contributed by atoms with van der Waals surface area (Å²) in [7, 11) is 2.14. The first-order chi connectivity index (χ1) is 9.70. The topological polar surface area (TPSA) is 32.3 Å². The van der Waals surface area contributed by atoms with E-state index in [4.69, 9.17) is 11.6 Å². The van der Waals surface area contributed by atoms with Gasteiger partial charge >= 0.3 is 0 Å². The Balaban J connectivity index is 1.98. The maximum atomic E-state index is 11.5. The van der Waals surface area contributed by atoms with E-state index in [1.165, 1.54) is 18.4 Å². The van der Waals surface area contributed by atoms with E-state index in [0.29, 0.717) is 6.04 Å². The number of carbonyl (C=O) groups excluding carboxylic acids is 1. The van der Waals surface area contributed by atoms with E-state index >= 15 is 0 Å². The fraction of sp³-hybridized carbons (Fsp3) is 0.562. The lowest BCUT2D eigenvalue weighted by molar-refractivity contribution is -0.120. The molecule has 4 heteroatoms. The summed E-state index contributed by atoms with van der Waals surface area (Å²) in [6.45, 7) is 0.915. The van der Waals surface area contributed by atoms with Crippen LogP contribution in [0.3, 0.4) is 0 Å². The van der Waals surface area contributed by atoms with Crippen molar-refractivity contribution < 1.29 is 4.79 Å². The minimum absolute atomic E-state index is 0.0472. The van der Waals surface area contributed by atoms with Gasteiger partial charge in [0.2, 0.25) is 5.91 Å². The van der Waals surface area contributed by atoms with Crippen LogP contribution in [0, 0.1) is 0 Å². The average Bonchev–Trinajstić information content (AvgIpc) is 2.48. The number of hydrogen-bond acceptors (Lipinski definition) is 2. The van der Waals surface area contributed by atoms with E-state index in [1.807, 2.05) is 6.07 Å². The van der Waals surface area contributed by atoms with Crippen LogP contribution in [0.15, 0.2) is 30.3 Å². The van der Waals surface area contributed by atoms with Gasteiger partial charge in [-0.05, 0) is 25.5 Å². The van der Waals surface area contributed by atoms with Crippen molar-refractivity contribution in [2.24, 2.45) is 0 Å². The molecule has 20 heavy (non-hydrogen) atoms. The van der Waals surface area contributed by atoms with Crippen molar-refractivity contribution >= 4 is 17.5 Å². The summed E-state index contributed by atoms with van der Waals surface area (Å²) in [6.07, 6.45) is 4.60. The van der Waals surface area contributed by atoms with E-state index in [1.54, 1.807) is 0 Å². The Hall–Kier alpha value is -1.06. The number of alkyl halides is 1. The Morgan fingerprint density at radius 2 is 2.00 bits per heavy atom. The zero-order chi connectivity index (χ0) is 14.4. The van der Waals surface area contributed by atoms with Crippen molar-refractivity contribution in [1.82, 2.24) is 10.2 Å². The van der Waals surface area contributed by atoms with Crippen LogP contribution in [-0.2, 0) is 11.3 Å². The van der Waals surface area contributed by atoms with Crippen LogP contribution in [0.4, 0.5) is 0 Å². The number of hydrogen-bond donors (Lipinski definition) is 1. The average molecular weight is 295 g/mol. The molecular weight excluding hydrogens is 272 g/mol. The van der Waals surface area contributed by atoms with Gasteiger partial charge < -0.3 is 5.32 Å². The first-order valence-corrected chi connectivity index (χ1v) is 7.83. The van der Waals surface area contributed by atoms with Gasteiger partial charge in [-0.25, -0.2) is 0 Å². The van der Waals surface area contributed by atoms with Gasteiger partial charge in [-0.2, -0.15) is 0 Å². The van der Waals surface area contributed by atoms with E-state index in [9.17, 15) is 4.79 Å². The molecule has 1 amide bonds. The summed E-state index contributed by atoms with van der Waals surface area (Å²) in [5.41, 5.74) is 1.31. The predicted molar refractivity (Wildman–Crippen MR) is 82.8 cm³/mol. The van der Waals surface area contributed by atoms with Crippen molar-refractivity contribution in [2.45, 2.75) is 44.3 Å². The molecule has 1 N–H and O–H groups in total. The molecule has 1 aliphatic rings. The SMILES string of the molecule is CN(Cc1ccccc1)[C@H]1CCCC[C@@H]1NC(=O)CCl. The van der Waals surface area contributed by atoms with Gasteiger partial charge in [0.05, 0.1) is 0 Å². The number of amides is 1. The number of rotatable bonds is 5. The Labute approximate surface area is 126 Å². The maximum absolute atomic E-state index is 11.5. The monoisotopic (exact) mass is 294 g/mol. The zero-order valence-electron chi connectivity index (χ0n) is 12.0. The molecule has 1 fully saturated rings. The van der Waals surface area contributed by atoms with Crippen LogP contribution in [0.25, 0.3) is 0 Å². The minimum atomic E-state index is -0.0586. The summed E-state index contributed by atoms with van der Waals surface area (Å²) < 4.78 is 0. The summed E-state index contributed by atoms with van der Waals surface area (Å²) in [5, 5.41) is 3.07. The van der Waals surface area contributed by atoms with Gasteiger partial charge in [-0.15, -0.1) is 11.6 Å². The molecule has 1 aromatic carbocycles. The lowest BCUT2D eigenvalue weighted by Gasteiger charge is -2.38. The lowest BCUT2D eigenvalue weighted by atomic mass is 9.89. The summed E-state index contributed by atoms with van der Waals surface area (Å²) >= 11 is 5.60. The highest BCUT2D eigenvalue weighted by molar-refractivity contribution is 6.27. The highest BCUT2D eigenvalue weighted by Crippen LogP contribution is 2.23. The van der Waals surface area contributed by atoms with Crippen LogP contribution in [0.1, 0.15) is 31.2 Å². The van der Waals surface area contributed by atoms with Gasteiger partial charge in [-0.1, -0.05) is 43.2 Å². The number of nitrogens with zero attached hydrogens (tertiary/aromatic N) is 1. The molecule has 2 rings (SSSR count). The Morgan fingerprint density at radius 1 is 1.30 bits per heavy atom. The fourth-order valence-electron chi connectivity index (χ4n) is 3.04. The van der Waals surface area contributed by atoms with Crippen LogP contribution in [0.2, 0.25) is 0 Å². The Morgan fingerprint density at radius 3 is 2.70 bits per heavy atom. The third kappa shape index (κ3) is 4.22. The van der Waals surface area contributed by atoms with Crippen molar-refractivity contribution in [1.29, 1.82) is 0 Å². The molecule has 0 spiro atoms. The largest absolute Gasteiger partial charge is 0.351 e. The quantitative estimate of drug-likeness (QED) is 0.847. The standard InChI is InChI=1S/C16H23ClN2O/c1-19(12-13-7-3-2-4-8-13)15-10-6-5-9-14(15)18-16(20)11-17/h2-4,7-8,14-15H,5-6,9-12H2,1H3,(H,18,20)/t14-,15-/m0/s1. The van der Waals surface area contributed by atoms with Crippen molar-refractivity contribution in [3.63, 3.8) is 0 Å². The highest BCUT2D eigenvalue weighted by Gasteiger charge is 2.29. The van der Waals surface area contributed by atoms with Gasteiger partial charge in [0.1, 0.15) is 5.88 Å². The molecule has 0 aromatic heterocycles. The molecule has 1 saturated carbocycles. The smallest absolute Gasteiger partial charge is 0.235 e. The maximum Gasteiger partial charge on any atom is 0.235 e. The molecule has 110 valence electrons. The Bertz CT molecular complexity index is 424. The first kappa shape index (κ1) is 15.3. The lowest BCUT2D eigenvalue weighted by Crippen LogP contribution is -2.52. The van der Waals surface area contributed by atoms with Crippen LogP contribution in [0.5, 0.6) is 0 Å². The number of carbonyl (C=O) groups is 1. The molecule has 2 atom stereocenters. The molecule has 1 aliphatic carbocycles. The third-order valence-corrected chi connectivity index (χ3v) is 4.28. The van der Waals surface area contributed by atoms with Gasteiger partial charge in [0.15, 0.2) is 0 Å².